The predicted molar refractivity (Wildman–Crippen MR) is 128 cm³/mol. The van der Waals surface area contributed by atoms with Gasteiger partial charge < -0.3 is 20.5 Å². The smallest absolute Gasteiger partial charge is 0.416 e. The quantitative estimate of drug-likeness (QED) is 0.486. The summed E-state index contributed by atoms with van der Waals surface area (Å²) in [7, 11) is 1.17. The SMILES string of the molecule is CCOC(=O)C1=C(CCC(N)c2ccccc2)NC(C)=C(C(=O)OC)C1c1cccc(C(F)(F)F)c1. The summed E-state index contributed by atoms with van der Waals surface area (Å²) >= 11 is 0. The fourth-order valence-corrected chi connectivity index (χ4v) is 4.32. The third-order valence-electron chi connectivity index (χ3n) is 6.03. The van der Waals surface area contributed by atoms with E-state index in [-0.39, 0.29) is 29.4 Å². The summed E-state index contributed by atoms with van der Waals surface area (Å²) in [6, 6.07) is 13.6. The van der Waals surface area contributed by atoms with Crippen LogP contribution in [0.5, 0.6) is 0 Å². The van der Waals surface area contributed by atoms with Gasteiger partial charge in [-0.2, -0.15) is 13.2 Å². The highest BCUT2D eigenvalue weighted by molar-refractivity contribution is 5.99. The number of dihydropyridines is 1. The van der Waals surface area contributed by atoms with Gasteiger partial charge >= 0.3 is 18.1 Å². The number of nitrogens with two attached hydrogens (primary N) is 1. The first-order valence-electron chi connectivity index (χ1n) is 11.5. The van der Waals surface area contributed by atoms with Gasteiger partial charge in [0, 0.05) is 17.4 Å². The first-order valence-corrected chi connectivity index (χ1v) is 11.5. The second-order valence-corrected chi connectivity index (χ2v) is 8.38. The summed E-state index contributed by atoms with van der Waals surface area (Å²) in [6.45, 7) is 3.29. The van der Waals surface area contributed by atoms with Crippen LogP contribution in [0.3, 0.4) is 0 Å². The van der Waals surface area contributed by atoms with Crippen LogP contribution in [0.25, 0.3) is 0 Å². The molecular weight excluding hydrogens is 473 g/mol. The number of hydrogen-bond acceptors (Lipinski definition) is 6. The number of alkyl halides is 3. The Morgan fingerprint density at radius 2 is 1.75 bits per heavy atom. The molecule has 0 aliphatic carbocycles. The molecule has 6 nitrogen and oxygen atoms in total. The van der Waals surface area contributed by atoms with E-state index in [2.05, 4.69) is 5.32 Å². The maximum atomic E-state index is 13.5. The minimum absolute atomic E-state index is 0.0379. The molecule has 1 heterocycles. The molecule has 0 aromatic heterocycles. The maximum Gasteiger partial charge on any atom is 0.416 e. The van der Waals surface area contributed by atoms with Crippen LogP contribution in [-0.2, 0) is 25.2 Å². The summed E-state index contributed by atoms with van der Waals surface area (Å²) < 4.78 is 50.8. The Balaban J connectivity index is 2.13. The van der Waals surface area contributed by atoms with E-state index in [1.807, 2.05) is 30.3 Å². The normalized spacial score (nSPS) is 16.9. The lowest BCUT2D eigenvalue weighted by Gasteiger charge is -2.32. The molecule has 0 amide bonds. The molecule has 9 heteroatoms. The van der Waals surface area contributed by atoms with Crippen LogP contribution in [0, 0.1) is 0 Å². The Morgan fingerprint density at radius 1 is 1.06 bits per heavy atom. The van der Waals surface area contributed by atoms with E-state index in [9.17, 15) is 22.8 Å². The van der Waals surface area contributed by atoms with Crippen molar-refractivity contribution in [2.45, 2.75) is 44.8 Å². The van der Waals surface area contributed by atoms with Gasteiger partial charge in [-0.3, -0.25) is 0 Å². The number of allylic oxidation sites excluding steroid dienone is 2. The van der Waals surface area contributed by atoms with Crippen molar-refractivity contribution in [3.63, 3.8) is 0 Å². The zero-order valence-corrected chi connectivity index (χ0v) is 20.3. The molecule has 2 unspecified atom stereocenters. The Labute approximate surface area is 208 Å². The van der Waals surface area contributed by atoms with Crippen LogP contribution in [0.4, 0.5) is 13.2 Å². The summed E-state index contributed by atoms with van der Waals surface area (Å²) in [5.74, 6) is -2.61. The van der Waals surface area contributed by atoms with Crippen LogP contribution in [-0.4, -0.2) is 25.7 Å². The van der Waals surface area contributed by atoms with Gasteiger partial charge in [-0.15, -0.1) is 0 Å². The molecule has 2 aromatic rings. The van der Waals surface area contributed by atoms with Crippen molar-refractivity contribution in [3.8, 4) is 0 Å². The number of rotatable bonds is 8. The van der Waals surface area contributed by atoms with Gasteiger partial charge in [0.05, 0.1) is 36.3 Å². The van der Waals surface area contributed by atoms with Gasteiger partial charge in [-0.1, -0.05) is 48.5 Å². The van der Waals surface area contributed by atoms with Crippen molar-refractivity contribution < 1.29 is 32.2 Å². The predicted octanol–water partition coefficient (Wildman–Crippen LogP) is 5.14. The number of carbonyl (C=O) groups is 2. The number of esters is 2. The number of benzene rings is 2. The molecule has 0 spiro atoms. The van der Waals surface area contributed by atoms with E-state index in [1.165, 1.54) is 19.2 Å². The van der Waals surface area contributed by atoms with Crippen molar-refractivity contribution in [1.29, 1.82) is 0 Å². The van der Waals surface area contributed by atoms with Crippen molar-refractivity contribution in [3.05, 3.63) is 93.8 Å². The molecule has 1 aliphatic rings. The molecule has 3 N–H and O–H groups in total. The Hall–Kier alpha value is -3.59. The largest absolute Gasteiger partial charge is 0.466 e. The zero-order valence-electron chi connectivity index (χ0n) is 20.3. The molecule has 0 bridgehead atoms. The van der Waals surface area contributed by atoms with Gasteiger partial charge in [0.25, 0.3) is 0 Å². The number of hydrogen-bond donors (Lipinski definition) is 2. The topological polar surface area (TPSA) is 90.6 Å². The van der Waals surface area contributed by atoms with Crippen molar-refractivity contribution >= 4 is 11.9 Å². The molecule has 2 aromatic carbocycles. The molecular formula is C27H29F3N2O4. The highest BCUT2D eigenvalue weighted by Crippen LogP contribution is 2.42. The molecule has 0 saturated heterocycles. The zero-order chi connectivity index (χ0) is 26.5. The summed E-state index contributed by atoms with van der Waals surface area (Å²) in [5.41, 5.74) is 7.41. The molecule has 192 valence electrons. The number of carbonyl (C=O) groups excluding carboxylic acids is 2. The maximum absolute atomic E-state index is 13.5. The first kappa shape index (κ1) is 27.0. The van der Waals surface area contributed by atoms with Crippen LogP contribution >= 0.6 is 0 Å². The number of halogens is 3. The Bertz CT molecular complexity index is 1170. The lowest BCUT2D eigenvalue weighted by atomic mass is 9.79. The van der Waals surface area contributed by atoms with E-state index in [0.29, 0.717) is 24.2 Å². The Kier molecular flexibility index (Phi) is 8.57. The average molecular weight is 503 g/mol. The minimum atomic E-state index is -4.60. The number of methoxy groups -OCH3 is 1. The first-order chi connectivity index (χ1) is 17.1. The second kappa shape index (κ2) is 11.4. The summed E-state index contributed by atoms with van der Waals surface area (Å²) in [5, 5.41) is 3.10. The fraction of sp³-hybridized carbons (Fsp3) is 0.333. The van der Waals surface area contributed by atoms with Gasteiger partial charge in [-0.25, -0.2) is 9.59 Å². The van der Waals surface area contributed by atoms with Gasteiger partial charge in [-0.05, 0) is 43.9 Å². The number of nitrogens with one attached hydrogen (secondary N) is 1. The van der Waals surface area contributed by atoms with Crippen LogP contribution in [0.15, 0.2) is 77.1 Å². The monoisotopic (exact) mass is 502 g/mol. The van der Waals surface area contributed by atoms with Crippen molar-refractivity contribution in [2.75, 3.05) is 13.7 Å². The third-order valence-corrected chi connectivity index (χ3v) is 6.03. The standard InChI is InChI=1S/C27H29F3N2O4/c1-4-36-26(34)24-21(14-13-20(31)17-9-6-5-7-10-17)32-16(2)22(25(33)35-3)23(24)18-11-8-12-19(15-18)27(28,29)30/h5-12,15,20,23,32H,4,13-14,31H2,1-3H3. The highest BCUT2D eigenvalue weighted by Gasteiger charge is 2.40. The Morgan fingerprint density at radius 3 is 2.36 bits per heavy atom. The lowest BCUT2D eigenvalue weighted by molar-refractivity contribution is -0.139. The molecule has 1 aliphatic heterocycles. The third kappa shape index (κ3) is 5.96. The molecule has 36 heavy (non-hydrogen) atoms. The van der Waals surface area contributed by atoms with Gasteiger partial charge in [0.2, 0.25) is 0 Å². The van der Waals surface area contributed by atoms with E-state index < -0.39 is 29.6 Å². The van der Waals surface area contributed by atoms with Crippen LogP contribution < -0.4 is 11.1 Å². The van der Waals surface area contributed by atoms with E-state index in [4.69, 9.17) is 15.2 Å². The lowest BCUT2D eigenvalue weighted by Crippen LogP contribution is -2.33. The van der Waals surface area contributed by atoms with E-state index in [1.54, 1.807) is 13.8 Å². The van der Waals surface area contributed by atoms with E-state index in [0.717, 1.165) is 17.7 Å². The van der Waals surface area contributed by atoms with Crippen LogP contribution in [0.1, 0.15) is 55.3 Å². The minimum Gasteiger partial charge on any atom is -0.466 e. The summed E-state index contributed by atoms with van der Waals surface area (Å²) in [6.07, 6.45) is -3.87. The van der Waals surface area contributed by atoms with Gasteiger partial charge in [0.15, 0.2) is 0 Å². The molecule has 0 saturated carbocycles. The van der Waals surface area contributed by atoms with E-state index >= 15 is 0 Å². The molecule has 3 rings (SSSR count). The fourth-order valence-electron chi connectivity index (χ4n) is 4.32. The second-order valence-electron chi connectivity index (χ2n) is 8.38. The molecule has 0 fully saturated rings. The molecule has 2 atom stereocenters. The van der Waals surface area contributed by atoms with Gasteiger partial charge in [0.1, 0.15) is 0 Å². The highest BCUT2D eigenvalue weighted by atomic mass is 19.4. The van der Waals surface area contributed by atoms with Crippen molar-refractivity contribution in [2.24, 2.45) is 5.73 Å². The van der Waals surface area contributed by atoms with Crippen molar-refractivity contribution in [1.82, 2.24) is 5.32 Å². The average Bonchev–Trinajstić information content (AvgIpc) is 2.86. The van der Waals surface area contributed by atoms with Crippen LogP contribution in [0.2, 0.25) is 0 Å². The summed E-state index contributed by atoms with van der Waals surface area (Å²) in [4.78, 5) is 26.0. The molecule has 0 radical (unpaired) electrons. The number of ether oxygens (including phenoxy) is 2.